The highest BCUT2D eigenvalue weighted by atomic mass is 35.5. The Morgan fingerprint density at radius 1 is 1.16 bits per heavy atom. The van der Waals surface area contributed by atoms with Crippen molar-refractivity contribution in [1.29, 1.82) is 0 Å². The summed E-state index contributed by atoms with van der Waals surface area (Å²) in [6.45, 7) is 1.84. The lowest BCUT2D eigenvalue weighted by Gasteiger charge is -2.40. The Kier molecular flexibility index (Phi) is 5.73. The van der Waals surface area contributed by atoms with Crippen molar-refractivity contribution in [3.8, 4) is 11.3 Å². The van der Waals surface area contributed by atoms with Crippen molar-refractivity contribution in [1.82, 2.24) is 10.2 Å². The molecule has 3 heterocycles. The average molecular weight is 473 g/mol. The fourth-order valence-corrected chi connectivity index (χ4v) is 6.47. The van der Waals surface area contributed by atoms with Gasteiger partial charge in [-0.05, 0) is 55.6 Å². The largest absolute Gasteiger partial charge is 0.459 e. The number of nitrogens with zero attached hydrogens (tertiary/aromatic N) is 1. The number of hydrogen-bond donors (Lipinski definition) is 1. The van der Waals surface area contributed by atoms with Gasteiger partial charge in [0.1, 0.15) is 22.6 Å². The van der Waals surface area contributed by atoms with Gasteiger partial charge in [0, 0.05) is 10.9 Å². The summed E-state index contributed by atoms with van der Waals surface area (Å²) in [5.74, 6) is 0.336. The summed E-state index contributed by atoms with van der Waals surface area (Å²) in [4.78, 5) is 26.9. The van der Waals surface area contributed by atoms with Crippen LogP contribution < -0.4 is 5.32 Å². The fourth-order valence-electron chi connectivity index (χ4n) is 4.62. The number of nitrogens with one attached hydrogen (secondary N) is 1. The van der Waals surface area contributed by atoms with Crippen LogP contribution in [0.4, 0.5) is 4.39 Å². The first-order chi connectivity index (χ1) is 15.5. The van der Waals surface area contributed by atoms with Gasteiger partial charge in [-0.2, -0.15) is 0 Å². The molecule has 3 aromatic rings. The van der Waals surface area contributed by atoms with Crippen LogP contribution >= 0.6 is 23.4 Å². The standard InChI is InChI=1S/C24H22ClFN2O3S/c25-13-20(29)22-23(30)28(24(32-22)9-11-27-12-10-24)14-15-5-8-21(31-15)18-6-7-19(26)17-4-2-1-3-16(17)18/h1-8,22,27H,9-14H2. The van der Waals surface area contributed by atoms with Gasteiger partial charge in [0.05, 0.1) is 17.3 Å². The number of amides is 1. The van der Waals surface area contributed by atoms with E-state index in [9.17, 15) is 14.0 Å². The number of hydrogen-bond acceptors (Lipinski definition) is 5. The van der Waals surface area contributed by atoms with Crippen molar-refractivity contribution in [2.45, 2.75) is 29.5 Å². The van der Waals surface area contributed by atoms with Crippen LogP contribution in [0, 0.1) is 5.82 Å². The normalized spacial score (nSPS) is 20.4. The van der Waals surface area contributed by atoms with Crippen LogP contribution in [0.5, 0.6) is 0 Å². The number of carbonyl (C=O) groups is 2. The molecule has 1 N–H and O–H groups in total. The smallest absolute Gasteiger partial charge is 0.244 e. The molecule has 166 valence electrons. The first kappa shape index (κ1) is 21.5. The molecule has 1 aromatic heterocycles. The Hall–Kier alpha value is -2.35. The zero-order chi connectivity index (χ0) is 22.3. The van der Waals surface area contributed by atoms with Crippen LogP contribution in [0.15, 0.2) is 52.9 Å². The molecule has 2 aliphatic rings. The fraction of sp³-hybridized carbons (Fsp3) is 0.333. The number of piperidine rings is 1. The highest BCUT2D eigenvalue weighted by molar-refractivity contribution is 8.03. The molecule has 2 fully saturated rings. The number of ketones is 1. The number of benzene rings is 2. The van der Waals surface area contributed by atoms with Gasteiger partial charge >= 0.3 is 0 Å². The van der Waals surface area contributed by atoms with E-state index in [1.807, 2.05) is 24.3 Å². The van der Waals surface area contributed by atoms with E-state index in [1.165, 1.54) is 17.8 Å². The van der Waals surface area contributed by atoms with Crippen molar-refractivity contribution in [3.63, 3.8) is 0 Å². The Balaban J connectivity index is 1.46. The second-order valence-electron chi connectivity index (χ2n) is 8.12. The summed E-state index contributed by atoms with van der Waals surface area (Å²) >= 11 is 7.20. The number of rotatable bonds is 5. The van der Waals surface area contributed by atoms with Crippen LogP contribution in [0.2, 0.25) is 0 Å². The predicted octanol–water partition coefficient (Wildman–Crippen LogP) is 4.57. The molecule has 0 radical (unpaired) electrons. The van der Waals surface area contributed by atoms with E-state index in [1.54, 1.807) is 23.1 Å². The van der Waals surface area contributed by atoms with Crippen molar-refractivity contribution in [2.75, 3.05) is 19.0 Å². The van der Waals surface area contributed by atoms with Crippen molar-refractivity contribution < 1.29 is 18.4 Å². The minimum absolute atomic E-state index is 0.173. The molecular weight excluding hydrogens is 451 g/mol. The Morgan fingerprint density at radius 3 is 2.66 bits per heavy atom. The van der Waals surface area contributed by atoms with E-state index in [0.29, 0.717) is 16.9 Å². The van der Waals surface area contributed by atoms with Gasteiger partial charge in [0.25, 0.3) is 0 Å². The van der Waals surface area contributed by atoms with Crippen molar-refractivity contribution >= 4 is 45.8 Å². The summed E-state index contributed by atoms with van der Waals surface area (Å²) < 4.78 is 20.3. The van der Waals surface area contributed by atoms with Crippen LogP contribution in [0.25, 0.3) is 22.1 Å². The number of halogens is 2. The molecule has 0 bridgehead atoms. The maximum Gasteiger partial charge on any atom is 0.244 e. The summed E-state index contributed by atoms with van der Waals surface area (Å²) in [5.41, 5.74) is 0.794. The second kappa shape index (κ2) is 8.54. The quantitative estimate of drug-likeness (QED) is 0.435. The lowest BCUT2D eigenvalue weighted by Crippen LogP contribution is -2.50. The molecule has 5 nitrogen and oxygen atoms in total. The Bertz CT molecular complexity index is 1190. The topological polar surface area (TPSA) is 62.6 Å². The number of Topliss-reactive ketones (excluding diaryl/α,β-unsaturated/α-hetero) is 1. The number of thioether (sulfide) groups is 1. The molecule has 2 saturated heterocycles. The van der Waals surface area contributed by atoms with Crippen LogP contribution in [0.3, 0.4) is 0 Å². The number of fused-ring (bicyclic) bond motifs is 1. The third kappa shape index (κ3) is 3.62. The average Bonchev–Trinajstić information content (AvgIpc) is 3.39. The molecule has 1 amide bonds. The van der Waals surface area contributed by atoms with Gasteiger partial charge in [-0.15, -0.1) is 23.4 Å². The third-order valence-corrected chi connectivity index (χ3v) is 8.27. The maximum absolute atomic E-state index is 14.2. The van der Waals surface area contributed by atoms with E-state index in [0.717, 1.165) is 36.9 Å². The number of furan rings is 1. The first-order valence-corrected chi connectivity index (χ1v) is 12.0. The highest BCUT2D eigenvalue weighted by Gasteiger charge is 2.54. The van der Waals surface area contributed by atoms with Gasteiger partial charge < -0.3 is 14.6 Å². The van der Waals surface area contributed by atoms with Crippen LogP contribution in [-0.2, 0) is 16.1 Å². The second-order valence-corrected chi connectivity index (χ2v) is 9.86. The minimum Gasteiger partial charge on any atom is -0.459 e. The van der Waals surface area contributed by atoms with E-state index < -0.39 is 10.1 Å². The third-order valence-electron chi connectivity index (χ3n) is 6.24. The molecule has 32 heavy (non-hydrogen) atoms. The highest BCUT2D eigenvalue weighted by Crippen LogP contribution is 2.48. The first-order valence-electron chi connectivity index (χ1n) is 10.6. The number of alkyl halides is 1. The van der Waals surface area contributed by atoms with E-state index >= 15 is 0 Å². The van der Waals surface area contributed by atoms with E-state index in [4.69, 9.17) is 16.0 Å². The Morgan fingerprint density at radius 2 is 1.91 bits per heavy atom. The molecule has 2 aromatic carbocycles. The monoisotopic (exact) mass is 472 g/mol. The maximum atomic E-state index is 14.2. The van der Waals surface area contributed by atoms with Gasteiger partial charge in [-0.3, -0.25) is 9.59 Å². The molecule has 0 aliphatic carbocycles. The summed E-state index contributed by atoms with van der Waals surface area (Å²) in [7, 11) is 0. The van der Waals surface area contributed by atoms with E-state index in [-0.39, 0.29) is 29.9 Å². The molecule has 1 unspecified atom stereocenters. The van der Waals surface area contributed by atoms with Crippen LogP contribution in [-0.4, -0.2) is 45.7 Å². The van der Waals surface area contributed by atoms with Gasteiger partial charge in [0.15, 0.2) is 5.78 Å². The number of carbonyl (C=O) groups excluding carboxylic acids is 2. The summed E-state index contributed by atoms with van der Waals surface area (Å²) in [5, 5.41) is 3.86. The van der Waals surface area contributed by atoms with Crippen molar-refractivity contribution in [3.05, 3.63) is 60.1 Å². The van der Waals surface area contributed by atoms with E-state index in [2.05, 4.69) is 5.32 Å². The summed E-state index contributed by atoms with van der Waals surface area (Å²) in [6.07, 6.45) is 1.51. The van der Waals surface area contributed by atoms with Crippen LogP contribution in [0.1, 0.15) is 18.6 Å². The lowest BCUT2D eigenvalue weighted by molar-refractivity contribution is -0.136. The van der Waals surface area contributed by atoms with Gasteiger partial charge in [-0.1, -0.05) is 24.3 Å². The zero-order valence-corrected chi connectivity index (χ0v) is 18.8. The van der Waals surface area contributed by atoms with Crippen molar-refractivity contribution in [2.24, 2.45) is 0 Å². The molecule has 5 rings (SSSR count). The Labute approximate surface area is 194 Å². The summed E-state index contributed by atoms with van der Waals surface area (Å²) in [6, 6.07) is 14.1. The SMILES string of the molecule is O=C(CCl)C1SC2(CCNCC2)N(Cc2ccc(-c3ccc(F)c4ccccc34)o2)C1=O. The van der Waals surface area contributed by atoms with Gasteiger partial charge in [-0.25, -0.2) is 4.39 Å². The predicted molar refractivity (Wildman–Crippen MR) is 124 cm³/mol. The minimum atomic E-state index is -0.763. The molecule has 2 aliphatic heterocycles. The molecule has 0 saturated carbocycles. The molecule has 1 spiro atoms. The van der Waals surface area contributed by atoms with Gasteiger partial charge in [0.2, 0.25) is 5.91 Å². The molecule has 1 atom stereocenters. The lowest BCUT2D eigenvalue weighted by atomic mass is 10.0. The zero-order valence-electron chi connectivity index (χ0n) is 17.3. The molecular formula is C24H22ClFN2O3S. The molecule has 8 heteroatoms.